The van der Waals surface area contributed by atoms with Crippen LogP contribution in [0.4, 0.5) is 4.79 Å². The van der Waals surface area contributed by atoms with E-state index in [9.17, 15) is 4.79 Å². The van der Waals surface area contributed by atoms with E-state index in [1.54, 1.807) is 7.05 Å². The fraction of sp³-hybridized carbons (Fsp3) is 0.531. The molecule has 0 unspecified atom stereocenters. The Morgan fingerprint density at radius 2 is 1.07 bits per heavy atom. The van der Waals surface area contributed by atoms with Gasteiger partial charge in [0.15, 0.2) is 0 Å². The fourth-order valence-corrected chi connectivity index (χ4v) is 4.39. The van der Waals surface area contributed by atoms with Crippen LogP contribution in [-0.4, -0.2) is 117 Å². The maximum atomic E-state index is 12.5. The van der Waals surface area contributed by atoms with Gasteiger partial charge in [0.05, 0.1) is 85.5 Å². The van der Waals surface area contributed by atoms with Crippen LogP contribution in [0.2, 0.25) is 0 Å². The van der Waals surface area contributed by atoms with Gasteiger partial charge in [0.25, 0.3) is 0 Å². The Morgan fingerprint density at radius 1 is 0.667 bits per heavy atom. The van der Waals surface area contributed by atoms with Crippen molar-refractivity contribution in [2.75, 3.05) is 106 Å². The molecule has 10 nitrogen and oxygen atoms in total. The second-order valence-electron chi connectivity index (χ2n) is 9.44. The van der Waals surface area contributed by atoms with Crippen LogP contribution in [0.25, 0.3) is 11.1 Å². The molecule has 3 rings (SSSR count). The molecule has 0 bridgehead atoms. The second-order valence-corrected chi connectivity index (χ2v) is 9.44. The Labute approximate surface area is 249 Å². The standard InChI is InChI=1S/C32H45NO9/c1-3-35-14-15-37-18-19-39-22-23-41-25-24-40-21-20-38-17-16-36-13-12-33(2)32(34)42-26-31-29-10-6-4-8-27(29)28-9-5-7-11-30(28)31/h3-11,31H,1,12-26H2,2H3. The molecule has 1 amide bonds. The summed E-state index contributed by atoms with van der Waals surface area (Å²) in [5, 5.41) is 0. The number of rotatable bonds is 24. The third-order valence-corrected chi connectivity index (χ3v) is 6.54. The Bertz CT molecular complexity index is 989. The number of fused-ring (bicyclic) bond motifs is 3. The number of benzene rings is 2. The Balaban J connectivity index is 1.09. The molecule has 232 valence electrons. The summed E-state index contributed by atoms with van der Waals surface area (Å²) in [6, 6.07) is 16.6. The van der Waals surface area contributed by atoms with E-state index in [-0.39, 0.29) is 12.0 Å². The van der Waals surface area contributed by atoms with Crippen LogP contribution in [0, 0.1) is 0 Å². The van der Waals surface area contributed by atoms with Gasteiger partial charge in [0.1, 0.15) is 13.2 Å². The van der Waals surface area contributed by atoms with E-state index in [4.69, 9.17) is 37.9 Å². The fourth-order valence-electron chi connectivity index (χ4n) is 4.39. The molecule has 0 fully saturated rings. The Kier molecular flexibility index (Phi) is 16.6. The zero-order chi connectivity index (χ0) is 29.7. The van der Waals surface area contributed by atoms with E-state index in [1.165, 1.54) is 33.4 Å². The van der Waals surface area contributed by atoms with Crippen molar-refractivity contribution in [2.45, 2.75) is 5.92 Å². The van der Waals surface area contributed by atoms with E-state index < -0.39 is 0 Å². The molecule has 1 aliphatic rings. The van der Waals surface area contributed by atoms with E-state index >= 15 is 0 Å². The minimum Gasteiger partial charge on any atom is -0.499 e. The number of ether oxygens (including phenoxy) is 8. The van der Waals surface area contributed by atoms with Crippen LogP contribution in [-0.2, 0) is 37.9 Å². The molecule has 1 aliphatic carbocycles. The van der Waals surface area contributed by atoms with Gasteiger partial charge in [-0.25, -0.2) is 4.79 Å². The largest absolute Gasteiger partial charge is 0.499 e. The first-order chi connectivity index (χ1) is 20.7. The van der Waals surface area contributed by atoms with Gasteiger partial charge < -0.3 is 42.8 Å². The quantitative estimate of drug-likeness (QED) is 0.133. The minimum absolute atomic E-state index is 0.0457. The highest BCUT2D eigenvalue weighted by Gasteiger charge is 2.29. The summed E-state index contributed by atoms with van der Waals surface area (Å²) in [4.78, 5) is 14.1. The van der Waals surface area contributed by atoms with Gasteiger partial charge in [-0.05, 0) is 22.3 Å². The van der Waals surface area contributed by atoms with E-state index in [2.05, 4.69) is 30.8 Å². The van der Waals surface area contributed by atoms with Gasteiger partial charge in [-0.3, -0.25) is 0 Å². The van der Waals surface area contributed by atoms with Gasteiger partial charge in [0.2, 0.25) is 0 Å². The van der Waals surface area contributed by atoms with Crippen LogP contribution in [0.3, 0.4) is 0 Å². The molecule has 0 spiro atoms. The van der Waals surface area contributed by atoms with Crippen LogP contribution in [0.1, 0.15) is 17.0 Å². The minimum atomic E-state index is -0.360. The lowest BCUT2D eigenvalue weighted by Gasteiger charge is -2.19. The number of carbonyl (C=O) groups excluding carboxylic acids is 1. The molecule has 0 heterocycles. The van der Waals surface area contributed by atoms with Crippen LogP contribution in [0.5, 0.6) is 0 Å². The highest BCUT2D eigenvalue weighted by Crippen LogP contribution is 2.44. The Morgan fingerprint density at radius 3 is 1.52 bits per heavy atom. The molecule has 0 aromatic heterocycles. The summed E-state index contributed by atoms with van der Waals surface area (Å²) in [6.45, 7) is 10.5. The van der Waals surface area contributed by atoms with E-state index in [1.807, 2.05) is 24.3 Å². The lowest BCUT2D eigenvalue weighted by Crippen LogP contribution is -2.32. The van der Waals surface area contributed by atoms with Crippen molar-refractivity contribution < 1.29 is 42.7 Å². The maximum Gasteiger partial charge on any atom is 0.409 e. The smallest absolute Gasteiger partial charge is 0.409 e. The van der Waals surface area contributed by atoms with Crippen molar-refractivity contribution in [1.82, 2.24) is 4.90 Å². The zero-order valence-corrected chi connectivity index (χ0v) is 24.7. The summed E-state index contributed by atoms with van der Waals surface area (Å²) < 4.78 is 43.4. The lowest BCUT2D eigenvalue weighted by molar-refractivity contribution is -0.0189. The van der Waals surface area contributed by atoms with E-state index in [0.717, 1.165) is 0 Å². The first-order valence-corrected chi connectivity index (χ1v) is 14.5. The molecule has 0 N–H and O–H groups in total. The average molecular weight is 588 g/mol. The molecular formula is C32H45NO9. The van der Waals surface area contributed by atoms with E-state index in [0.29, 0.717) is 99.0 Å². The summed E-state index contributed by atoms with van der Waals surface area (Å²) >= 11 is 0. The third kappa shape index (κ3) is 12.1. The third-order valence-electron chi connectivity index (χ3n) is 6.54. The van der Waals surface area contributed by atoms with Gasteiger partial charge in [0, 0.05) is 19.5 Å². The molecule has 0 saturated carbocycles. The molecule has 0 atom stereocenters. The number of likely N-dealkylation sites (N-methyl/N-ethyl adjacent to an activating group) is 1. The summed E-state index contributed by atoms with van der Waals surface area (Å²) in [7, 11) is 1.71. The molecule has 2 aromatic rings. The highest BCUT2D eigenvalue weighted by molar-refractivity contribution is 5.79. The van der Waals surface area contributed by atoms with Crippen LogP contribution >= 0.6 is 0 Å². The molecule has 10 heteroatoms. The molecule has 0 radical (unpaired) electrons. The first-order valence-electron chi connectivity index (χ1n) is 14.5. The molecule has 0 saturated heterocycles. The van der Waals surface area contributed by atoms with Gasteiger partial charge in [-0.2, -0.15) is 0 Å². The van der Waals surface area contributed by atoms with Gasteiger partial charge >= 0.3 is 6.09 Å². The zero-order valence-electron chi connectivity index (χ0n) is 24.7. The van der Waals surface area contributed by atoms with Crippen LogP contribution < -0.4 is 0 Å². The topological polar surface area (TPSA) is 94.2 Å². The Hall–Kier alpha value is -2.99. The molecule has 0 aliphatic heterocycles. The van der Waals surface area contributed by atoms with Gasteiger partial charge in [-0.1, -0.05) is 55.1 Å². The summed E-state index contributed by atoms with van der Waals surface area (Å²) in [6.07, 6.45) is 1.03. The van der Waals surface area contributed by atoms with Crippen molar-refractivity contribution in [1.29, 1.82) is 0 Å². The molecular weight excluding hydrogens is 542 g/mol. The predicted molar refractivity (Wildman–Crippen MR) is 159 cm³/mol. The number of hydrogen-bond acceptors (Lipinski definition) is 9. The van der Waals surface area contributed by atoms with Crippen molar-refractivity contribution in [3.63, 3.8) is 0 Å². The number of hydrogen-bond donors (Lipinski definition) is 0. The van der Waals surface area contributed by atoms with Crippen molar-refractivity contribution >= 4 is 6.09 Å². The van der Waals surface area contributed by atoms with Crippen molar-refractivity contribution in [2.24, 2.45) is 0 Å². The monoisotopic (exact) mass is 587 g/mol. The number of amides is 1. The lowest BCUT2D eigenvalue weighted by atomic mass is 9.98. The normalized spacial score (nSPS) is 12.1. The van der Waals surface area contributed by atoms with Crippen LogP contribution in [0.15, 0.2) is 61.4 Å². The SMILES string of the molecule is C=COCCOCCOCCOCCOCCOCCOCCN(C)C(=O)OCC1c2ccccc2-c2ccccc21. The summed E-state index contributed by atoms with van der Waals surface area (Å²) in [5.41, 5.74) is 4.81. The number of nitrogens with zero attached hydrogens (tertiary/aromatic N) is 1. The molecule has 2 aromatic carbocycles. The van der Waals surface area contributed by atoms with Gasteiger partial charge in [-0.15, -0.1) is 0 Å². The summed E-state index contributed by atoms with van der Waals surface area (Å²) in [5.74, 6) is 0.0457. The average Bonchev–Trinajstić information content (AvgIpc) is 3.34. The first kappa shape index (κ1) is 33.5. The van der Waals surface area contributed by atoms with Crippen molar-refractivity contribution in [3.8, 4) is 11.1 Å². The highest BCUT2D eigenvalue weighted by atomic mass is 16.6. The van der Waals surface area contributed by atoms with Crippen molar-refractivity contribution in [3.05, 3.63) is 72.5 Å². The predicted octanol–water partition coefficient (Wildman–Crippen LogP) is 4.13. The maximum absolute atomic E-state index is 12.5. The number of carbonyl (C=O) groups is 1. The second kappa shape index (κ2) is 20.8. The molecule has 42 heavy (non-hydrogen) atoms.